The number of benzene rings is 1. The van der Waals surface area contributed by atoms with Crippen LogP contribution < -0.4 is 5.30 Å². The van der Waals surface area contributed by atoms with Crippen LogP contribution in [0.4, 0.5) is 0 Å². The summed E-state index contributed by atoms with van der Waals surface area (Å²) >= 11 is 0. The van der Waals surface area contributed by atoms with Gasteiger partial charge < -0.3 is 4.89 Å². The fraction of sp³-hybridized carbons (Fsp3) is 0.800. The molecule has 4 nitrogen and oxygen atoms in total. The molecule has 0 saturated carbocycles. The van der Waals surface area contributed by atoms with E-state index in [4.69, 9.17) is 4.31 Å². The Morgan fingerprint density at radius 3 is 1.62 bits per heavy atom. The molecule has 0 aliphatic carbocycles. The Balaban J connectivity index is 0.0000130. The Bertz CT molecular complexity index is 880. The summed E-state index contributed by atoms with van der Waals surface area (Å²) in [5, 5.41) is 0.298. The molecule has 3 unspecified atom stereocenters. The molecule has 7 heteroatoms. The Morgan fingerprint density at radius 1 is 0.811 bits per heavy atom. The number of unbranched alkanes of at least 4 members (excludes halogenated alkanes) is 2. The third kappa shape index (κ3) is 12.3. The summed E-state index contributed by atoms with van der Waals surface area (Å²) in [4.78, 5) is 11.4. The molecule has 37 heavy (non-hydrogen) atoms. The first-order valence-electron chi connectivity index (χ1n) is 14.3. The fourth-order valence-corrected chi connectivity index (χ4v) is 10.9. The number of hydrogen-bond acceptors (Lipinski definition) is 3. The Hall–Kier alpha value is 0.600. The van der Waals surface area contributed by atoms with Gasteiger partial charge in [0.2, 0.25) is 7.37 Å². The van der Waals surface area contributed by atoms with Crippen molar-refractivity contribution < 1.29 is 18.3 Å². The van der Waals surface area contributed by atoms with Crippen molar-refractivity contribution in [1.29, 1.82) is 0 Å². The second-order valence-electron chi connectivity index (χ2n) is 12.8. The second kappa shape index (κ2) is 16.1. The van der Waals surface area contributed by atoms with E-state index in [9.17, 15) is 14.0 Å². The Kier molecular flexibility index (Phi) is 16.4. The van der Waals surface area contributed by atoms with Gasteiger partial charge in [-0.2, -0.15) is 0 Å². The average molecular weight is 567 g/mol. The maximum absolute atomic E-state index is 14.5. The summed E-state index contributed by atoms with van der Waals surface area (Å²) in [6.45, 7) is 21.1. The molecule has 1 rings (SSSR count). The van der Waals surface area contributed by atoms with E-state index in [1.807, 2.05) is 32.9 Å². The zero-order chi connectivity index (χ0) is 27.8. The van der Waals surface area contributed by atoms with Crippen LogP contribution in [-0.2, 0) is 24.3 Å². The molecule has 1 aromatic carbocycles. The first kappa shape index (κ1) is 37.6. The van der Waals surface area contributed by atoms with Crippen molar-refractivity contribution in [2.45, 2.75) is 131 Å². The minimum absolute atomic E-state index is 0. The summed E-state index contributed by atoms with van der Waals surface area (Å²) in [5.41, 5.74) is 1.46. The van der Waals surface area contributed by atoms with Crippen LogP contribution >= 0.6 is 15.0 Å². The average Bonchev–Trinajstić information content (AvgIpc) is 2.77. The van der Waals surface area contributed by atoms with Crippen LogP contribution in [0.15, 0.2) is 18.2 Å². The van der Waals surface area contributed by atoms with Gasteiger partial charge >= 0.3 is 37.2 Å². The van der Waals surface area contributed by atoms with Gasteiger partial charge in [0.1, 0.15) is 0 Å². The normalized spacial score (nSPS) is 17.4. The molecular formula is C30H57NaO4P2. The van der Waals surface area contributed by atoms with E-state index < -0.39 is 15.0 Å². The Morgan fingerprint density at radius 2 is 1.27 bits per heavy atom. The molecule has 212 valence electrons. The van der Waals surface area contributed by atoms with Gasteiger partial charge in [0.05, 0.1) is 5.30 Å². The number of hydrogen-bond donors (Lipinski definition) is 1. The van der Waals surface area contributed by atoms with E-state index in [1.165, 1.54) is 0 Å². The van der Waals surface area contributed by atoms with Crippen LogP contribution in [0.5, 0.6) is 0 Å². The first-order valence-corrected chi connectivity index (χ1v) is 17.9. The van der Waals surface area contributed by atoms with Crippen molar-refractivity contribution >= 4 is 49.8 Å². The predicted octanol–water partition coefficient (Wildman–Crippen LogP) is 9.17. The van der Waals surface area contributed by atoms with E-state index in [0.29, 0.717) is 17.6 Å². The van der Waals surface area contributed by atoms with Crippen LogP contribution in [0.1, 0.15) is 132 Å². The molecule has 0 saturated heterocycles. The van der Waals surface area contributed by atoms with Gasteiger partial charge in [-0.15, -0.1) is 0 Å². The molecule has 0 amide bonds. The minimum atomic E-state index is -4.32. The van der Waals surface area contributed by atoms with Crippen molar-refractivity contribution in [3.8, 4) is 0 Å². The predicted molar refractivity (Wildman–Crippen MR) is 165 cm³/mol. The standard InChI is InChI=1S/C30H56O4P2.Na.H/c1-11-15-17-24(13-3)22-35(31,23-25(14-4)18-16-12-2)34-36(32,33)28-20-19-26(29(5,6)7)21-27(28)30(8,9)10;;/h19-21,24-25H,11-18,22-23H2,1-10H3,(H,32,33);;. The topological polar surface area (TPSA) is 63.6 Å². The van der Waals surface area contributed by atoms with Crippen LogP contribution in [0.3, 0.4) is 0 Å². The molecule has 0 aromatic heterocycles. The van der Waals surface area contributed by atoms with E-state index in [2.05, 4.69) is 48.5 Å². The third-order valence-electron chi connectivity index (χ3n) is 7.39. The molecule has 1 aromatic rings. The van der Waals surface area contributed by atoms with Gasteiger partial charge in [0.15, 0.2) is 0 Å². The molecular weight excluding hydrogens is 509 g/mol. The van der Waals surface area contributed by atoms with Crippen LogP contribution in [-0.4, -0.2) is 46.8 Å². The quantitative estimate of drug-likeness (QED) is 0.170. The first-order chi connectivity index (χ1) is 16.5. The van der Waals surface area contributed by atoms with Crippen LogP contribution in [0.25, 0.3) is 0 Å². The van der Waals surface area contributed by atoms with E-state index in [1.54, 1.807) is 6.07 Å². The summed E-state index contributed by atoms with van der Waals surface area (Å²) in [7, 11) is -7.68. The van der Waals surface area contributed by atoms with Crippen molar-refractivity contribution in [1.82, 2.24) is 0 Å². The van der Waals surface area contributed by atoms with E-state index in [0.717, 1.165) is 62.5 Å². The molecule has 3 atom stereocenters. The van der Waals surface area contributed by atoms with Gasteiger partial charge in [-0.3, -0.25) is 9.13 Å². The molecule has 0 aliphatic rings. The SMILES string of the molecule is CCCCC(CC)CP(=O)(CC(CC)CCCC)OP(=O)(O)c1ccc(C(C)(C)C)cc1C(C)(C)C.[NaH]. The number of rotatable bonds is 15. The molecule has 1 N–H and O–H groups in total. The van der Waals surface area contributed by atoms with Crippen LogP contribution in [0.2, 0.25) is 0 Å². The zero-order valence-electron chi connectivity index (χ0n) is 25.0. The van der Waals surface area contributed by atoms with Crippen LogP contribution in [0, 0.1) is 11.8 Å². The van der Waals surface area contributed by atoms with Crippen molar-refractivity contribution in [3.63, 3.8) is 0 Å². The summed E-state index contributed by atoms with van der Waals surface area (Å²) in [5.74, 6) is 0.481. The van der Waals surface area contributed by atoms with Crippen molar-refractivity contribution in [3.05, 3.63) is 29.3 Å². The van der Waals surface area contributed by atoms with Crippen molar-refractivity contribution in [2.24, 2.45) is 11.8 Å². The van der Waals surface area contributed by atoms with E-state index >= 15 is 0 Å². The third-order valence-corrected chi connectivity index (χ3v) is 12.6. The zero-order valence-corrected chi connectivity index (χ0v) is 26.8. The molecule has 0 heterocycles. The second-order valence-corrected chi connectivity index (χ2v) is 17.4. The summed E-state index contributed by atoms with van der Waals surface area (Å²) < 4.78 is 34.6. The molecule has 0 bridgehead atoms. The van der Waals surface area contributed by atoms with Gasteiger partial charge in [-0.1, -0.05) is 120 Å². The molecule has 0 spiro atoms. The monoisotopic (exact) mass is 566 g/mol. The maximum atomic E-state index is 14.5. The summed E-state index contributed by atoms with van der Waals surface area (Å²) in [6.07, 6.45) is 8.88. The Labute approximate surface area is 251 Å². The molecule has 0 fully saturated rings. The van der Waals surface area contributed by atoms with E-state index in [-0.39, 0.29) is 52.2 Å². The van der Waals surface area contributed by atoms with Gasteiger partial charge in [-0.25, -0.2) is 4.31 Å². The van der Waals surface area contributed by atoms with Gasteiger partial charge in [0, 0.05) is 12.3 Å². The summed E-state index contributed by atoms with van der Waals surface area (Å²) in [6, 6.07) is 5.71. The fourth-order valence-electron chi connectivity index (χ4n) is 4.86. The van der Waals surface area contributed by atoms with Crippen molar-refractivity contribution in [2.75, 3.05) is 12.3 Å². The molecule has 0 aliphatic heterocycles. The molecule has 0 radical (unpaired) electrons. The van der Waals surface area contributed by atoms with Gasteiger partial charge in [0.25, 0.3) is 0 Å². The van der Waals surface area contributed by atoms with Gasteiger partial charge in [-0.05, 0) is 52.7 Å².